The van der Waals surface area contributed by atoms with E-state index in [2.05, 4.69) is 4.98 Å². The van der Waals surface area contributed by atoms with Crippen molar-refractivity contribution in [2.75, 3.05) is 7.11 Å². The van der Waals surface area contributed by atoms with Crippen LogP contribution in [0.4, 0.5) is 0 Å². The van der Waals surface area contributed by atoms with Gasteiger partial charge in [0, 0.05) is 5.56 Å². The summed E-state index contributed by atoms with van der Waals surface area (Å²) < 4.78 is 6.28. The molecule has 0 spiro atoms. The molecular formula is C17H13NO2S. The highest BCUT2D eigenvalue weighted by Gasteiger charge is 2.09. The lowest BCUT2D eigenvalue weighted by Crippen LogP contribution is -1.93. The molecule has 0 fully saturated rings. The van der Waals surface area contributed by atoms with Gasteiger partial charge in [-0.3, -0.25) is 4.79 Å². The van der Waals surface area contributed by atoms with Gasteiger partial charge in [-0.15, -0.1) is 11.3 Å². The quantitative estimate of drug-likeness (QED) is 0.535. The van der Waals surface area contributed by atoms with E-state index in [0.29, 0.717) is 5.01 Å². The van der Waals surface area contributed by atoms with E-state index < -0.39 is 0 Å². The molecule has 0 N–H and O–H groups in total. The van der Waals surface area contributed by atoms with E-state index in [1.165, 1.54) is 17.4 Å². The maximum atomic E-state index is 12.2. The minimum Gasteiger partial charge on any atom is -0.496 e. The number of para-hydroxylation sites is 2. The van der Waals surface area contributed by atoms with Crippen molar-refractivity contribution in [1.82, 2.24) is 4.98 Å². The maximum absolute atomic E-state index is 12.2. The first kappa shape index (κ1) is 13.5. The average Bonchev–Trinajstić information content (AvgIpc) is 2.97. The van der Waals surface area contributed by atoms with E-state index in [1.807, 2.05) is 48.5 Å². The average molecular weight is 295 g/mol. The monoisotopic (exact) mass is 295 g/mol. The predicted octanol–water partition coefficient (Wildman–Crippen LogP) is 4.20. The van der Waals surface area contributed by atoms with Crippen molar-refractivity contribution in [3.63, 3.8) is 0 Å². The first-order chi connectivity index (χ1) is 10.3. The van der Waals surface area contributed by atoms with Crippen molar-refractivity contribution < 1.29 is 9.53 Å². The number of hydrogen-bond donors (Lipinski definition) is 0. The Hall–Kier alpha value is -2.46. The fraction of sp³-hybridized carbons (Fsp3) is 0.0588. The van der Waals surface area contributed by atoms with Gasteiger partial charge in [0.1, 0.15) is 5.75 Å². The van der Waals surface area contributed by atoms with Crippen molar-refractivity contribution in [3.05, 3.63) is 65.2 Å². The Morgan fingerprint density at radius 2 is 1.90 bits per heavy atom. The number of ether oxygens (including phenoxy) is 1. The molecule has 2 aromatic carbocycles. The highest BCUT2D eigenvalue weighted by Crippen LogP contribution is 2.23. The normalized spacial score (nSPS) is 11.1. The number of nitrogens with zero attached hydrogens (tertiary/aromatic N) is 1. The van der Waals surface area contributed by atoms with Crippen LogP contribution >= 0.6 is 11.3 Å². The smallest absolute Gasteiger partial charge is 0.214 e. The summed E-state index contributed by atoms with van der Waals surface area (Å²) in [6, 6.07) is 15.3. The summed E-state index contributed by atoms with van der Waals surface area (Å²) in [7, 11) is 1.61. The molecule has 21 heavy (non-hydrogen) atoms. The summed E-state index contributed by atoms with van der Waals surface area (Å²) in [6.07, 6.45) is 3.29. The van der Waals surface area contributed by atoms with Gasteiger partial charge in [0.05, 0.1) is 17.3 Å². The third kappa shape index (κ3) is 2.85. The van der Waals surface area contributed by atoms with Gasteiger partial charge in [0.2, 0.25) is 5.78 Å². The number of carbonyl (C=O) groups excluding carboxylic acids is 1. The van der Waals surface area contributed by atoms with Gasteiger partial charge in [-0.05, 0) is 30.4 Å². The van der Waals surface area contributed by atoms with Gasteiger partial charge < -0.3 is 4.74 Å². The summed E-state index contributed by atoms with van der Waals surface area (Å²) in [4.78, 5) is 16.6. The zero-order valence-electron chi connectivity index (χ0n) is 11.4. The molecule has 0 radical (unpaired) electrons. The van der Waals surface area contributed by atoms with E-state index in [1.54, 1.807) is 13.2 Å². The van der Waals surface area contributed by atoms with Crippen LogP contribution in [0.3, 0.4) is 0 Å². The second-order valence-electron chi connectivity index (χ2n) is 4.43. The molecule has 3 nitrogen and oxygen atoms in total. The summed E-state index contributed by atoms with van der Waals surface area (Å²) in [5, 5.41) is 0.502. The number of thiazole rings is 1. The number of rotatable bonds is 4. The highest BCUT2D eigenvalue weighted by molar-refractivity contribution is 7.20. The standard InChI is InChI=1S/C17H13NO2S/c1-20-15-8-4-2-6-12(15)10-11-14(19)17-18-13-7-3-5-9-16(13)21-17/h2-11H,1H3. The topological polar surface area (TPSA) is 39.2 Å². The number of aromatic nitrogens is 1. The van der Waals surface area contributed by atoms with Crippen molar-refractivity contribution in [2.24, 2.45) is 0 Å². The largest absolute Gasteiger partial charge is 0.496 e. The molecule has 0 unspecified atom stereocenters. The molecule has 3 aromatic rings. The van der Waals surface area contributed by atoms with Crippen LogP contribution in [0.15, 0.2) is 54.6 Å². The Bertz CT molecular complexity index is 787. The molecule has 0 saturated heterocycles. The molecule has 0 aliphatic carbocycles. The zero-order chi connectivity index (χ0) is 14.7. The van der Waals surface area contributed by atoms with Crippen LogP contribution < -0.4 is 4.74 Å². The summed E-state index contributed by atoms with van der Waals surface area (Å²) in [5.74, 6) is 0.646. The Labute approximate surface area is 126 Å². The molecule has 0 aliphatic heterocycles. The summed E-state index contributed by atoms with van der Waals surface area (Å²) >= 11 is 1.41. The van der Waals surface area contributed by atoms with E-state index in [9.17, 15) is 4.79 Å². The number of hydrogen-bond acceptors (Lipinski definition) is 4. The molecular weight excluding hydrogens is 282 g/mol. The molecule has 1 aromatic heterocycles. The maximum Gasteiger partial charge on any atom is 0.214 e. The SMILES string of the molecule is COc1ccccc1C=CC(=O)c1nc2ccccc2s1. The van der Waals surface area contributed by atoms with E-state index in [0.717, 1.165) is 21.5 Å². The Balaban J connectivity index is 1.87. The Kier molecular flexibility index (Phi) is 3.79. The van der Waals surface area contributed by atoms with Crippen molar-refractivity contribution in [2.45, 2.75) is 0 Å². The van der Waals surface area contributed by atoms with Crippen LogP contribution in [0, 0.1) is 0 Å². The number of methoxy groups -OCH3 is 1. The van der Waals surface area contributed by atoms with E-state index >= 15 is 0 Å². The lowest BCUT2D eigenvalue weighted by molar-refractivity contribution is 0.104. The minimum absolute atomic E-state index is 0.0953. The number of allylic oxidation sites excluding steroid dienone is 1. The molecule has 104 valence electrons. The summed E-state index contributed by atoms with van der Waals surface area (Å²) in [5.41, 5.74) is 1.73. The summed E-state index contributed by atoms with van der Waals surface area (Å²) in [6.45, 7) is 0. The van der Waals surface area contributed by atoms with Crippen LogP contribution in [0.1, 0.15) is 15.4 Å². The fourth-order valence-electron chi connectivity index (χ4n) is 2.02. The molecule has 0 amide bonds. The van der Waals surface area contributed by atoms with Gasteiger partial charge in [0.15, 0.2) is 5.01 Å². The second kappa shape index (κ2) is 5.89. The molecule has 0 bridgehead atoms. The predicted molar refractivity (Wildman–Crippen MR) is 86.0 cm³/mol. The number of fused-ring (bicyclic) bond motifs is 1. The lowest BCUT2D eigenvalue weighted by Gasteiger charge is -2.02. The third-order valence-corrected chi connectivity index (χ3v) is 4.11. The molecule has 1 heterocycles. The van der Waals surface area contributed by atoms with Gasteiger partial charge >= 0.3 is 0 Å². The van der Waals surface area contributed by atoms with Gasteiger partial charge in [-0.1, -0.05) is 30.3 Å². The van der Waals surface area contributed by atoms with Crippen LogP contribution in [0.5, 0.6) is 5.75 Å². The highest BCUT2D eigenvalue weighted by atomic mass is 32.1. The molecule has 0 saturated carbocycles. The zero-order valence-corrected chi connectivity index (χ0v) is 12.3. The Morgan fingerprint density at radius 1 is 1.14 bits per heavy atom. The molecule has 0 aliphatic rings. The number of benzene rings is 2. The molecule has 4 heteroatoms. The number of carbonyl (C=O) groups is 1. The van der Waals surface area contributed by atoms with Crippen LogP contribution in [0.2, 0.25) is 0 Å². The van der Waals surface area contributed by atoms with Gasteiger partial charge in [0.25, 0.3) is 0 Å². The van der Waals surface area contributed by atoms with Crippen LogP contribution in [-0.4, -0.2) is 17.9 Å². The molecule has 3 rings (SSSR count). The van der Waals surface area contributed by atoms with Crippen LogP contribution in [-0.2, 0) is 0 Å². The van der Waals surface area contributed by atoms with Crippen molar-refractivity contribution >= 4 is 33.4 Å². The van der Waals surface area contributed by atoms with Crippen molar-refractivity contribution in [1.29, 1.82) is 0 Å². The second-order valence-corrected chi connectivity index (χ2v) is 5.46. The fourth-order valence-corrected chi connectivity index (χ4v) is 2.90. The number of ketones is 1. The minimum atomic E-state index is -0.0953. The van der Waals surface area contributed by atoms with Gasteiger partial charge in [-0.25, -0.2) is 4.98 Å². The third-order valence-electron chi connectivity index (χ3n) is 3.06. The first-order valence-electron chi connectivity index (χ1n) is 6.49. The van der Waals surface area contributed by atoms with Crippen molar-refractivity contribution in [3.8, 4) is 5.75 Å². The van der Waals surface area contributed by atoms with E-state index in [4.69, 9.17) is 4.74 Å². The van der Waals surface area contributed by atoms with Gasteiger partial charge in [-0.2, -0.15) is 0 Å². The Morgan fingerprint density at radius 3 is 2.71 bits per heavy atom. The molecule has 0 atom stereocenters. The van der Waals surface area contributed by atoms with E-state index in [-0.39, 0.29) is 5.78 Å². The lowest BCUT2D eigenvalue weighted by atomic mass is 10.1. The van der Waals surface area contributed by atoms with Crippen LogP contribution in [0.25, 0.3) is 16.3 Å². The first-order valence-corrected chi connectivity index (χ1v) is 7.30.